The number of nitrogens with zero attached hydrogens (tertiary/aromatic N) is 3. The zero-order valence-electron chi connectivity index (χ0n) is 15.4. The molecule has 0 spiro atoms. The summed E-state index contributed by atoms with van der Waals surface area (Å²) in [5.41, 5.74) is 2.72. The Morgan fingerprint density at radius 2 is 2.04 bits per heavy atom. The number of ketones is 1. The van der Waals surface area contributed by atoms with Gasteiger partial charge >= 0.3 is 0 Å². The minimum Gasteiger partial charge on any atom is -0.496 e. The third-order valence-corrected chi connectivity index (χ3v) is 5.01. The van der Waals surface area contributed by atoms with Crippen LogP contribution in [0.1, 0.15) is 15.9 Å². The van der Waals surface area contributed by atoms with Gasteiger partial charge in [0, 0.05) is 12.1 Å². The number of benzene rings is 2. The highest BCUT2D eigenvalue weighted by Crippen LogP contribution is 2.26. The molecule has 0 aliphatic carbocycles. The van der Waals surface area contributed by atoms with E-state index in [0.717, 1.165) is 17.0 Å². The summed E-state index contributed by atoms with van der Waals surface area (Å²) in [6, 6.07) is 15.3. The molecule has 0 saturated heterocycles. The molecule has 3 rings (SSSR count). The summed E-state index contributed by atoms with van der Waals surface area (Å²) >= 11 is 1.37. The molecule has 0 aliphatic rings. The molecule has 0 bridgehead atoms. The normalized spacial score (nSPS) is 10.6. The molecular formula is C21H21N3O2S. The van der Waals surface area contributed by atoms with E-state index in [1.807, 2.05) is 41.8 Å². The van der Waals surface area contributed by atoms with E-state index >= 15 is 0 Å². The summed E-state index contributed by atoms with van der Waals surface area (Å²) in [5, 5.41) is 9.32. The topological polar surface area (TPSA) is 57.0 Å². The highest BCUT2D eigenvalue weighted by Gasteiger charge is 2.17. The number of allylic oxidation sites excluding steroid dienone is 1. The fraction of sp³-hybridized carbons (Fsp3) is 0.190. The van der Waals surface area contributed by atoms with Crippen LogP contribution >= 0.6 is 11.8 Å². The van der Waals surface area contributed by atoms with E-state index in [2.05, 4.69) is 22.8 Å². The van der Waals surface area contributed by atoms with Crippen LogP contribution in [0.25, 0.3) is 11.4 Å². The van der Waals surface area contributed by atoms with Gasteiger partial charge < -0.3 is 4.74 Å². The molecule has 5 nitrogen and oxygen atoms in total. The van der Waals surface area contributed by atoms with Crippen molar-refractivity contribution in [3.8, 4) is 17.1 Å². The molecule has 0 amide bonds. The first-order valence-corrected chi connectivity index (χ1v) is 9.52. The summed E-state index contributed by atoms with van der Waals surface area (Å²) < 4.78 is 7.25. The predicted octanol–water partition coefficient (Wildman–Crippen LogP) is 4.42. The molecule has 138 valence electrons. The standard InChI is InChI=1S/C21H21N3O2S/c1-4-12-24-20(16-9-7-8-15(2)13-16)22-23-21(24)27-14-18(25)17-10-5-6-11-19(17)26-3/h4-11,13H,1,12,14H2,2-3H3. The van der Waals surface area contributed by atoms with Crippen molar-refractivity contribution in [1.29, 1.82) is 0 Å². The number of aryl methyl sites for hydroxylation is 1. The number of carbonyl (C=O) groups excluding carboxylic acids is 1. The van der Waals surface area contributed by atoms with Gasteiger partial charge in [0.15, 0.2) is 16.8 Å². The summed E-state index contributed by atoms with van der Waals surface area (Å²) in [6.07, 6.45) is 1.80. The zero-order valence-corrected chi connectivity index (χ0v) is 16.2. The lowest BCUT2D eigenvalue weighted by Gasteiger charge is -2.09. The maximum atomic E-state index is 12.6. The number of aromatic nitrogens is 3. The second kappa shape index (κ2) is 8.68. The van der Waals surface area contributed by atoms with Crippen molar-refractivity contribution in [3.63, 3.8) is 0 Å². The molecule has 0 unspecified atom stereocenters. The Morgan fingerprint density at radius 1 is 1.22 bits per heavy atom. The molecule has 0 saturated carbocycles. The fourth-order valence-electron chi connectivity index (χ4n) is 2.77. The lowest BCUT2D eigenvalue weighted by atomic mass is 10.1. The summed E-state index contributed by atoms with van der Waals surface area (Å²) in [4.78, 5) is 12.6. The number of hydrogen-bond acceptors (Lipinski definition) is 5. The lowest BCUT2D eigenvalue weighted by molar-refractivity contribution is 0.101. The third kappa shape index (κ3) is 4.28. The Balaban J connectivity index is 1.83. The number of thioether (sulfide) groups is 1. The Morgan fingerprint density at radius 3 is 2.78 bits per heavy atom. The average molecular weight is 379 g/mol. The monoisotopic (exact) mass is 379 g/mol. The van der Waals surface area contributed by atoms with E-state index in [0.29, 0.717) is 23.0 Å². The largest absolute Gasteiger partial charge is 0.496 e. The lowest BCUT2D eigenvalue weighted by Crippen LogP contribution is -2.07. The summed E-state index contributed by atoms with van der Waals surface area (Å²) in [5.74, 6) is 1.59. The van der Waals surface area contributed by atoms with Crippen LogP contribution in [0.2, 0.25) is 0 Å². The van der Waals surface area contributed by atoms with Crippen molar-refractivity contribution in [2.24, 2.45) is 0 Å². The first kappa shape index (κ1) is 18.9. The smallest absolute Gasteiger partial charge is 0.192 e. The van der Waals surface area contributed by atoms with E-state index in [1.54, 1.807) is 25.3 Å². The SMILES string of the molecule is C=CCn1c(SCC(=O)c2ccccc2OC)nnc1-c1cccc(C)c1. The van der Waals surface area contributed by atoms with Crippen LogP contribution in [0.15, 0.2) is 66.3 Å². The molecule has 0 fully saturated rings. The van der Waals surface area contributed by atoms with Gasteiger partial charge in [-0.15, -0.1) is 16.8 Å². The molecule has 1 aromatic heterocycles. The van der Waals surface area contributed by atoms with Gasteiger partial charge in [-0.1, -0.05) is 53.7 Å². The van der Waals surface area contributed by atoms with Crippen molar-refractivity contribution in [1.82, 2.24) is 14.8 Å². The Bertz CT molecular complexity index is 966. The third-order valence-electron chi connectivity index (χ3n) is 4.04. The highest BCUT2D eigenvalue weighted by molar-refractivity contribution is 7.99. The maximum Gasteiger partial charge on any atom is 0.192 e. The van der Waals surface area contributed by atoms with Gasteiger partial charge in [0.2, 0.25) is 0 Å². The first-order valence-electron chi connectivity index (χ1n) is 8.54. The number of Topliss-reactive ketones (excluding diaryl/α,β-unsaturated/α-hetero) is 1. The summed E-state index contributed by atoms with van der Waals surface area (Å²) in [6.45, 7) is 6.44. The van der Waals surface area contributed by atoms with Crippen LogP contribution in [0.4, 0.5) is 0 Å². The van der Waals surface area contributed by atoms with Gasteiger partial charge in [0.25, 0.3) is 0 Å². The number of methoxy groups -OCH3 is 1. The summed E-state index contributed by atoms with van der Waals surface area (Å²) in [7, 11) is 1.56. The van der Waals surface area contributed by atoms with Crippen LogP contribution < -0.4 is 4.74 Å². The molecule has 0 atom stereocenters. The Kier molecular flexibility index (Phi) is 6.08. The molecule has 2 aromatic carbocycles. The highest BCUT2D eigenvalue weighted by atomic mass is 32.2. The van der Waals surface area contributed by atoms with Gasteiger partial charge in [-0.3, -0.25) is 9.36 Å². The second-order valence-corrected chi connectivity index (χ2v) is 6.93. The quantitative estimate of drug-likeness (QED) is 0.329. The van der Waals surface area contributed by atoms with Crippen LogP contribution in [0.3, 0.4) is 0 Å². The molecular weight excluding hydrogens is 358 g/mol. The van der Waals surface area contributed by atoms with E-state index in [9.17, 15) is 4.79 Å². The number of hydrogen-bond donors (Lipinski definition) is 0. The van der Waals surface area contributed by atoms with Crippen LogP contribution in [-0.2, 0) is 6.54 Å². The van der Waals surface area contributed by atoms with Crippen molar-refractivity contribution < 1.29 is 9.53 Å². The molecule has 3 aromatic rings. The maximum absolute atomic E-state index is 12.6. The fourth-order valence-corrected chi connectivity index (χ4v) is 3.60. The van der Waals surface area contributed by atoms with Crippen LogP contribution in [0.5, 0.6) is 5.75 Å². The molecule has 6 heteroatoms. The van der Waals surface area contributed by atoms with Gasteiger partial charge in [-0.25, -0.2) is 0 Å². The number of rotatable bonds is 8. The minimum atomic E-state index is -0.0114. The van der Waals surface area contributed by atoms with Gasteiger partial charge in [0.05, 0.1) is 18.4 Å². The van der Waals surface area contributed by atoms with Crippen LogP contribution in [-0.4, -0.2) is 33.4 Å². The zero-order chi connectivity index (χ0) is 19.2. The molecule has 0 aliphatic heterocycles. The van der Waals surface area contributed by atoms with Crippen molar-refractivity contribution >= 4 is 17.5 Å². The van der Waals surface area contributed by atoms with Gasteiger partial charge in [-0.2, -0.15) is 0 Å². The average Bonchev–Trinajstić information content (AvgIpc) is 3.09. The number of ether oxygens (including phenoxy) is 1. The van der Waals surface area contributed by atoms with Gasteiger partial charge in [0.1, 0.15) is 5.75 Å². The van der Waals surface area contributed by atoms with E-state index in [1.165, 1.54) is 11.8 Å². The Hall–Kier alpha value is -2.86. The number of para-hydroxylation sites is 1. The predicted molar refractivity (Wildman–Crippen MR) is 108 cm³/mol. The van der Waals surface area contributed by atoms with Crippen molar-refractivity contribution in [2.75, 3.05) is 12.9 Å². The van der Waals surface area contributed by atoms with Crippen molar-refractivity contribution in [2.45, 2.75) is 18.6 Å². The second-order valence-electron chi connectivity index (χ2n) is 5.99. The minimum absolute atomic E-state index is 0.0114. The molecule has 27 heavy (non-hydrogen) atoms. The number of carbonyl (C=O) groups is 1. The van der Waals surface area contributed by atoms with E-state index < -0.39 is 0 Å². The van der Waals surface area contributed by atoms with Crippen LogP contribution in [0, 0.1) is 6.92 Å². The van der Waals surface area contributed by atoms with E-state index in [4.69, 9.17) is 4.74 Å². The first-order chi connectivity index (χ1) is 13.1. The van der Waals surface area contributed by atoms with Crippen molar-refractivity contribution in [3.05, 3.63) is 72.3 Å². The molecule has 1 heterocycles. The molecule has 0 radical (unpaired) electrons. The van der Waals surface area contributed by atoms with Gasteiger partial charge in [-0.05, 0) is 25.1 Å². The Labute approximate surface area is 163 Å². The molecule has 0 N–H and O–H groups in total. The van der Waals surface area contributed by atoms with E-state index in [-0.39, 0.29) is 11.5 Å².